The second-order valence-corrected chi connectivity index (χ2v) is 8.36. The van der Waals surface area contributed by atoms with Crippen LogP contribution in [0.3, 0.4) is 0 Å². The van der Waals surface area contributed by atoms with E-state index in [4.69, 9.17) is 19.9 Å². The first-order valence-electron chi connectivity index (χ1n) is 9.37. The van der Waals surface area contributed by atoms with Gasteiger partial charge in [-0.05, 0) is 24.3 Å². The van der Waals surface area contributed by atoms with Crippen LogP contribution in [0.1, 0.15) is 0 Å². The molecule has 0 aromatic heterocycles. The first kappa shape index (κ1) is 23.6. The fraction of sp³-hybridized carbons (Fsp3) is 0.667. The summed E-state index contributed by atoms with van der Waals surface area (Å²) < 4.78 is 16.5. The van der Waals surface area contributed by atoms with Crippen LogP contribution in [0.4, 0.5) is 5.69 Å². The number of anilines is 1. The van der Waals surface area contributed by atoms with E-state index in [1.54, 1.807) is 24.3 Å². The monoisotopic (exact) mass is 449 g/mol. The van der Waals surface area contributed by atoms with Crippen LogP contribution in [0.2, 0.25) is 0 Å². The molecule has 12 heteroatoms. The smallest absolute Gasteiger partial charge is 0.187 e. The molecular weight excluding hydrogens is 422 g/mol. The highest BCUT2D eigenvalue weighted by molar-refractivity contribution is 7.99. The molecule has 9 N–H and O–H groups in total. The number of hydrogen-bond donors (Lipinski definition) is 8. The third-order valence-electron chi connectivity index (χ3n) is 5.09. The Kier molecular flexibility index (Phi) is 7.92. The number of nitrogen functional groups attached to an aromatic ring is 1. The summed E-state index contributed by atoms with van der Waals surface area (Å²) >= 11 is 1.12. The molecule has 0 unspecified atom stereocenters. The lowest BCUT2D eigenvalue weighted by atomic mass is 9.97. The van der Waals surface area contributed by atoms with E-state index >= 15 is 0 Å². The lowest BCUT2D eigenvalue weighted by Crippen LogP contribution is -2.64. The number of benzene rings is 1. The first-order valence-corrected chi connectivity index (χ1v) is 10.3. The van der Waals surface area contributed by atoms with Gasteiger partial charge in [-0.3, -0.25) is 0 Å². The van der Waals surface area contributed by atoms with Crippen molar-refractivity contribution < 1.29 is 50.0 Å². The quantitative estimate of drug-likeness (QED) is 0.205. The molecule has 0 spiro atoms. The number of thioether (sulfide) groups is 1. The maximum atomic E-state index is 10.6. The van der Waals surface area contributed by atoms with Crippen molar-refractivity contribution in [3.63, 3.8) is 0 Å². The molecule has 3 rings (SSSR count). The molecule has 0 radical (unpaired) electrons. The van der Waals surface area contributed by atoms with Gasteiger partial charge in [-0.15, -0.1) is 0 Å². The first-order chi connectivity index (χ1) is 14.3. The summed E-state index contributed by atoms with van der Waals surface area (Å²) in [6, 6.07) is 6.77. The second kappa shape index (κ2) is 10.1. The molecular formula is C18H27NO10S. The molecule has 1 aromatic rings. The minimum absolute atomic E-state index is 0.561. The molecule has 2 heterocycles. The van der Waals surface area contributed by atoms with E-state index in [0.717, 1.165) is 11.8 Å². The lowest BCUT2D eigenvalue weighted by Gasteiger charge is -2.46. The van der Waals surface area contributed by atoms with Crippen molar-refractivity contribution in [1.29, 1.82) is 0 Å². The molecule has 2 aliphatic rings. The van der Waals surface area contributed by atoms with Gasteiger partial charge in [0.05, 0.1) is 13.2 Å². The Morgan fingerprint density at radius 3 is 2.03 bits per heavy atom. The summed E-state index contributed by atoms with van der Waals surface area (Å²) in [4.78, 5) is 0.713. The molecule has 0 amide bonds. The van der Waals surface area contributed by atoms with Gasteiger partial charge >= 0.3 is 0 Å². The molecule has 170 valence electrons. The van der Waals surface area contributed by atoms with Crippen LogP contribution >= 0.6 is 11.8 Å². The Hall–Kier alpha value is -1.03. The fourth-order valence-corrected chi connectivity index (χ4v) is 4.39. The minimum Gasteiger partial charge on any atom is -0.399 e. The Morgan fingerprint density at radius 1 is 0.800 bits per heavy atom. The molecule has 11 nitrogen and oxygen atoms in total. The van der Waals surface area contributed by atoms with Crippen molar-refractivity contribution in [2.45, 2.75) is 65.5 Å². The summed E-state index contributed by atoms with van der Waals surface area (Å²) in [5.74, 6) is 0. The lowest BCUT2D eigenvalue weighted by molar-refractivity contribution is -0.338. The van der Waals surface area contributed by atoms with Crippen LogP contribution in [0.25, 0.3) is 0 Å². The van der Waals surface area contributed by atoms with Crippen molar-refractivity contribution in [1.82, 2.24) is 0 Å². The molecule has 0 bridgehead atoms. The number of aliphatic hydroxyl groups is 7. The molecule has 2 saturated heterocycles. The van der Waals surface area contributed by atoms with E-state index < -0.39 is 73.8 Å². The van der Waals surface area contributed by atoms with Crippen molar-refractivity contribution in [2.24, 2.45) is 0 Å². The zero-order valence-corrected chi connectivity index (χ0v) is 16.7. The summed E-state index contributed by atoms with van der Waals surface area (Å²) in [6.07, 6.45) is -13.1. The third kappa shape index (κ3) is 4.89. The van der Waals surface area contributed by atoms with E-state index in [1.807, 2.05) is 0 Å². The van der Waals surface area contributed by atoms with E-state index in [1.165, 1.54) is 0 Å². The van der Waals surface area contributed by atoms with Crippen LogP contribution in [-0.2, 0) is 14.2 Å². The Labute approximate surface area is 176 Å². The molecule has 2 fully saturated rings. The Balaban J connectivity index is 1.71. The van der Waals surface area contributed by atoms with Crippen LogP contribution < -0.4 is 5.73 Å². The largest absolute Gasteiger partial charge is 0.399 e. The van der Waals surface area contributed by atoms with E-state index in [-0.39, 0.29) is 0 Å². The van der Waals surface area contributed by atoms with Crippen LogP contribution in [-0.4, -0.2) is 110 Å². The molecule has 30 heavy (non-hydrogen) atoms. The maximum absolute atomic E-state index is 10.6. The summed E-state index contributed by atoms with van der Waals surface area (Å²) in [6.45, 7) is -1.23. The Bertz CT molecular complexity index is 677. The SMILES string of the molecule is Nc1ccc(S[C@@H]2O[C@@H](CO)[C@@H](O[C@@H]3O[C@@H](CO)[C@@H](O)[C@H](O)[C@H]3O)[C@H](O)[C@@H]2O)cc1. The van der Waals surface area contributed by atoms with E-state index in [2.05, 4.69) is 0 Å². The van der Waals surface area contributed by atoms with Gasteiger partial charge in [0.25, 0.3) is 0 Å². The minimum atomic E-state index is -1.70. The summed E-state index contributed by atoms with van der Waals surface area (Å²) in [5.41, 5.74) is 5.27. The van der Waals surface area contributed by atoms with Crippen LogP contribution in [0, 0.1) is 0 Å². The van der Waals surface area contributed by atoms with E-state index in [0.29, 0.717) is 10.6 Å². The maximum Gasteiger partial charge on any atom is 0.187 e. The second-order valence-electron chi connectivity index (χ2n) is 7.19. The number of ether oxygens (including phenoxy) is 3. The summed E-state index contributed by atoms with van der Waals surface area (Å²) in [7, 11) is 0. The third-order valence-corrected chi connectivity index (χ3v) is 6.26. The molecule has 1 aromatic carbocycles. The molecule has 0 saturated carbocycles. The van der Waals surface area contributed by atoms with Gasteiger partial charge in [0, 0.05) is 10.6 Å². The predicted octanol–water partition coefficient (Wildman–Crippen LogP) is -3.01. The highest BCUT2D eigenvalue weighted by Gasteiger charge is 2.50. The highest BCUT2D eigenvalue weighted by Crippen LogP contribution is 2.35. The average Bonchev–Trinajstić information content (AvgIpc) is 2.74. The van der Waals surface area contributed by atoms with Crippen molar-refractivity contribution in [2.75, 3.05) is 18.9 Å². The number of rotatable bonds is 6. The van der Waals surface area contributed by atoms with Crippen molar-refractivity contribution >= 4 is 17.4 Å². The van der Waals surface area contributed by atoms with Gasteiger partial charge in [-0.1, -0.05) is 11.8 Å². The zero-order valence-electron chi connectivity index (χ0n) is 15.8. The van der Waals surface area contributed by atoms with Crippen molar-refractivity contribution in [3.05, 3.63) is 24.3 Å². The Morgan fingerprint density at radius 2 is 1.43 bits per heavy atom. The van der Waals surface area contributed by atoms with E-state index in [9.17, 15) is 35.7 Å². The molecule has 0 aliphatic carbocycles. The normalized spacial score (nSPS) is 42.2. The standard InChI is InChI=1S/C18H27NO10S/c19-7-1-3-8(4-2-7)30-18-15(26)13(24)16(10(6-21)28-18)29-17-14(25)12(23)11(22)9(5-20)27-17/h1-4,9-18,20-26H,5-6,19H2/t9-,10-,11+,12-,13+,14+,15-,16+,17-,18-/m0/s1. The summed E-state index contributed by atoms with van der Waals surface area (Å²) in [5, 5.41) is 70.0. The average molecular weight is 449 g/mol. The topological polar surface area (TPSA) is 195 Å². The number of aliphatic hydroxyl groups excluding tert-OH is 7. The van der Waals surface area contributed by atoms with Gasteiger partial charge < -0.3 is 55.7 Å². The zero-order chi connectivity index (χ0) is 22.0. The number of nitrogens with two attached hydrogens (primary N) is 1. The van der Waals surface area contributed by atoms with Gasteiger partial charge in [0.15, 0.2) is 6.29 Å². The van der Waals surface area contributed by atoms with Crippen LogP contribution in [0.5, 0.6) is 0 Å². The van der Waals surface area contributed by atoms with Gasteiger partial charge in [-0.2, -0.15) is 0 Å². The molecule has 2 aliphatic heterocycles. The van der Waals surface area contributed by atoms with Gasteiger partial charge in [0.2, 0.25) is 0 Å². The number of hydrogen-bond acceptors (Lipinski definition) is 12. The van der Waals surface area contributed by atoms with Crippen LogP contribution in [0.15, 0.2) is 29.2 Å². The predicted molar refractivity (Wildman–Crippen MR) is 103 cm³/mol. The highest BCUT2D eigenvalue weighted by atomic mass is 32.2. The van der Waals surface area contributed by atoms with Gasteiger partial charge in [0.1, 0.15) is 54.3 Å². The molecule has 10 atom stereocenters. The fourth-order valence-electron chi connectivity index (χ4n) is 3.33. The van der Waals surface area contributed by atoms with Crippen molar-refractivity contribution in [3.8, 4) is 0 Å². The van der Waals surface area contributed by atoms with Gasteiger partial charge in [-0.25, -0.2) is 0 Å².